The molecule has 0 bridgehead atoms. The molecule has 0 atom stereocenters. The molecule has 0 saturated heterocycles. The van der Waals surface area contributed by atoms with Crippen molar-refractivity contribution < 1.29 is 9.53 Å². The molecule has 0 aromatic rings. The Morgan fingerprint density at radius 2 is 1.29 bits per heavy atom. The molecule has 0 aromatic heterocycles. The van der Waals surface area contributed by atoms with Gasteiger partial charge in [-0.2, -0.15) is 0 Å². The highest BCUT2D eigenvalue weighted by Crippen LogP contribution is 2.19. The van der Waals surface area contributed by atoms with Crippen molar-refractivity contribution in [2.24, 2.45) is 0 Å². The zero-order valence-electron chi connectivity index (χ0n) is 18.1. The molecule has 2 aliphatic rings. The van der Waals surface area contributed by atoms with E-state index in [0.717, 1.165) is 31.5 Å². The summed E-state index contributed by atoms with van der Waals surface area (Å²) >= 11 is 0. The number of hydrogen-bond acceptors (Lipinski definition) is 3. The van der Waals surface area contributed by atoms with Crippen LogP contribution in [-0.4, -0.2) is 31.2 Å². The van der Waals surface area contributed by atoms with Crippen LogP contribution in [0.15, 0.2) is 12.3 Å². The molecule has 2 N–H and O–H groups in total. The highest BCUT2D eigenvalue weighted by atomic mass is 16.5. The van der Waals surface area contributed by atoms with Gasteiger partial charge in [-0.25, -0.2) is 0 Å². The standard InChI is InChI=1S/C24H44N2O2/c1-21(18-19-25-22-14-10-6-3-2-4-7-11-15-22)26-24(27)20-28-23-16-12-8-5-9-13-17-23/h22-23,25H,1-20H2,(H,26,27). The molecule has 4 heteroatoms. The first-order valence-corrected chi connectivity index (χ1v) is 12.1. The van der Waals surface area contributed by atoms with Gasteiger partial charge in [-0.15, -0.1) is 0 Å². The fourth-order valence-electron chi connectivity index (χ4n) is 4.52. The van der Waals surface area contributed by atoms with E-state index in [1.54, 1.807) is 0 Å². The van der Waals surface area contributed by atoms with E-state index in [0.29, 0.717) is 6.04 Å². The van der Waals surface area contributed by atoms with Crippen molar-refractivity contribution in [2.75, 3.05) is 13.2 Å². The lowest BCUT2D eigenvalue weighted by Gasteiger charge is -2.21. The Morgan fingerprint density at radius 3 is 1.86 bits per heavy atom. The minimum Gasteiger partial charge on any atom is -0.368 e. The van der Waals surface area contributed by atoms with Crippen molar-refractivity contribution in [1.29, 1.82) is 0 Å². The van der Waals surface area contributed by atoms with Gasteiger partial charge in [-0.1, -0.05) is 83.6 Å². The second-order valence-electron chi connectivity index (χ2n) is 8.88. The van der Waals surface area contributed by atoms with E-state index in [2.05, 4.69) is 17.2 Å². The Hall–Kier alpha value is -0.870. The summed E-state index contributed by atoms with van der Waals surface area (Å²) < 4.78 is 5.86. The SMILES string of the molecule is C=C(CCNC1CCCCCCCCC1)NC(=O)COC1CCCCCCC1. The van der Waals surface area contributed by atoms with Crippen molar-refractivity contribution in [3.8, 4) is 0 Å². The molecule has 2 aliphatic carbocycles. The van der Waals surface area contributed by atoms with Gasteiger partial charge in [0.05, 0.1) is 6.10 Å². The number of rotatable bonds is 8. The van der Waals surface area contributed by atoms with Gasteiger partial charge in [-0.05, 0) is 32.1 Å². The van der Waals surface area contributed by atoms with Crippen LogP contribution in [0.1, 0.15) is 109 Å². The Labute approximate surface area is 173 Å². The summed E-state index contributed by atoms with van der Waals surface area (Å²) in [6.07, 6.45) is 21.9. The first-order valence-electron chi connectivity index (χ1n) is 12.1. The summed E-state index contributed by atoms with van der Waals surface area (Å²) in [7, 11) is 0. The largest absolute Gasteiger partial charge is 0.368 e. The van der Waals surface area contributed by atoms with Crippen LogP contribution in [0.5, 0.6) is 0 Å². The fraction of sp³-hybridized carbons (Fsp3) is 0.875. The first kappa shape index (κ1) is 23.4. The fourth-order valence-corrected chi connectivity index (χ4v) is 4.52. The summed E-state index contributed by atoms with van der Waals surface area (Å²) in [5.41, 5.74) is 0.804. The van der Waals surface area contributed by atoms with E-state index in [-0.39, 0.29) is 18.6 Å². The molecule has 0 aliphatic heterocycles. The average Bonchev–Trinajstić information content (AvgIpc) is 2.66. The maximum atomic E-state index is 12.2. The summed E-state index contributed by atoms with van der Waals surface area (Å²) in [5, 5.41) is 6.62. The third kappa shape index (κ3) is 11.2. The van der Waals surface area contributed by atoms with Crippen LogP contribution < -0.4 is 10.6 Å². The zero-order chi connectivity index (χ0) is 19.9. The molecule has 4 nitrogen and oxygen atoms in total. The molecule has 162 valence electrons. The molecule has 0 aromatic carbocycles. The van der Waals surface area contributed by atoms with Crippen molar-refractivity contribution in [3.05, 3.63) is 12.3 Å². The smallest absolute Gasteiger partial charge is 0.250 e. The lowest BCUT2D eigenvalue weighted by molar-refractivity contribution is -0.127. The van der Waals surface area contributed by atoms with E-state index in [1.807, 2.05) is 0 Å². The lowest BCUT2D eigenvalue weighted by atomic mass is 9.97. The Kier molecular flexibility index (Phi) is 12.6. The Morgan fingerprint density at radius 1 is 0.786 bits per heavy atom. The van der Waals surface area contributed by atoms with Crippen molar-refractivity contribution >= 4 is 5.91 Å². The predicted octanol–water partition coefficient (Wildman–Crippen LogP) is 5.62. The van der Waals surface area contributed by atoms with E-state index < -0.39 is 0 Å². The number of nitrogens with one attached hydrogen (secondary N) is 2. The molecular weight excluding hydrogens is 348 g/mol. The van der Waals surface area contributed by atoms with Gasteiger partial charge >= 0.3 is 0 Å². The number of carbonyl (C=O) groups is 1. The maximum Gasteiger partial charge on any atom is 0.250 e. The van der Waals surface area contributed by atoms with Crippen molar-refractivity contribution in [1.82, 2.24) is 10.6 Å². The minimum atomic E-state index is -0.0502. The third-order valence-corrected chi connectivity index (χ3v) is 6.28. The van der Waals surface area contributed by atoms with Gasteiger partial charge in [-0.3, -0.25) is 4.79 Å². The highest BCUT2D eigenvalue weighted by molar-refractivity contribution is 5.78. The molecule has 2 fully saturated rings. The summed E-state index contributed by atoms with van der Waals surface area (Å²) in [6.45, 7) is 5.10. The monoisotopic (exact) mass is 392 g/mol. The zero-order valence-corrected chi connectivity index (χ0v) is 18.1. The number of hydrogen-bond donors (Lipinski definition) is 2. The van der Waals surface area contributed by atoms with Gasteiger partial charge in [0.25, 0.3) is 0 Å². The third-order valence-electron chi connectivity index (χ3n) is 6.28. The van der Waals surface area contributed by atoms with Crippen LogP contribution in [0.25, 0.3) is 0 Å². The molecule has 0 radical (unpaired) electrons. The van der Waals surface area contributed by atoms with E-state index in [9.17, 15) is 4.79 Å². The van der Waals surface area contributed by atoms with Crippen LogP contribution in [0.3, 0.4) is 0 Å². The van der Waals surface area contributed by atoms with Gasteiger partial charge in [0.2, 0.25) is 5.91 Å². The predicted molar refractivity (Wildman–Crippen MR) is 117 cm³/mol. The van der Waals surface area contributed by atoms with E-state index in [4.69, 9.17) is 4.74 Å². The molecule has 0 unspecified atom stereocenters. The van der Waals surface area contributed by atoms with Gasteiger partial charge in [0.15, 0.2) is 0 Å². The van der Waals surface area contributed by atoms with E-state index >= 15 is 0 Å². The molecule has 0 heterocycles. The topological polar surface area (TPSA) is 50.4 Å². The molecule has 28 heavy (non-hydrogen) atoms. The highest BCUT2D eigenvalue weighted by Gasteiger charge is 2.14. The number of ether oxygens (including phenoxy) is 1. The van der Waals surface area contributed by atoms with Crippen LogP contribution in [0, 0.1) is 0 Å². The normalized spacial score (nSPS) is 21.4. The molecule has 1 amide bonds. The van der Waals surface area contributed by atoms with Crippen LogP contribution in [-0.2, 0) is 9.53 Å². The second kappa shape index (κ2) is 15.0. The van der Waals surface area contributed by atoms with Crippen LogP contribution in [0.2, 0.25) is 0 Å². The van der Waals surface area contributed by atoms with Crippen LogP contribution in [0.4, 0.5) is 0 Å². The minimum absolute atomic E-state index is 0.0502. The Balaban J connectivity index is 1.55. The molecular formula is C24H44N2O2. The molecule has 2 rings (SSSR count). The summed E-state index contributed by atoms with van der Waals surface area (Å²) in [5.74, 6) is -0.0502. The average molecular weight is 393 g/mol. The lowest BCUT2D eigenvalue weighted by Crippen LogP contribution is -2.33. The van der Waals surface area contributed by atoms with E-state index in [1.165, 1.54) is 89.9 Å². The number of carbonyl (C=O) groups excluding carboxylic acids is 1. The van der Waals surface area contributed by atoms with Gasteiger partial charge in [0, 0.05) is 18.3 Å². The summed E-state index contributed by atoms with van der Waals surface area (Å²) in [6, 6.07) is 0.629. The second-order valence-corrected chi connectivity index (χ2v) is 8.88. The van der Waals surface area contributed by atoms with Crippen molar-refractivity contribution in [3.63, 3.8) is 0 Å². The first-order chi connectivity index (χ1) is 13.7. The van der Waals surface area contributed by atoms with Crippen LogP contribution >= 0.6 is 0 Å². The molecule has 0 spiro atoms. The Bertz CT molecular complexity index is 420. The quantitative estimate of drug-likeness (QED) is 0.564. The maximum absolute atomic E-state index is 12.2. The van der Waals surface area contributed by atoms with Crippen molar-refractivity contribution in [2.45, 2.75) is 121 Å². The number of amides is 1. The van der Waals surface area contributed by atoms with Gasteiger partial charge < -0.3 is 15.4 Å². The summed E-state index contributed by atoms with van der Waals surface area (Å²) in [4.78, 5) is 12.2. The molecule has 2 saturated carbocycles. The van der Waals surface area contributed by atoms with Gasteiger partial charge in [0.1, 0.15) is 6.61 Å².